The Morgan fingerprint density at radius 1 is 0.935 bits per heavy atom. The minimum Gasteiger partial charge on any atom is -0.399 e. The number of imidazole rings is 1. The summed E-state index contributed by atoms with van der Waals surface area (Å²) in [7, 11) is 0. The summed E-state index contributed by atoms with van der Waals surface area (Å²) in [5.41, 5.74) is 12.5. The van der Waals surface area contributed by atoms with Crippen LogP contribution in [-0.4, -0.2) is 37.8 Å². The van der Waals surface area contributed by atoms with Gasteiger partial charge in [-0.3, -0.25) is 23.9 Å². The van der Waals surface area contributed by atoms with Gasteiger partial charge in [0.25, 0.3) is 11.8 Å². The van der Waals surface area contributed by atoms with Gasteiger partial charge in [-0.2, -0.15) is 0 Å². The van der Waals surface area contributed by atoms with Crippen LogP contribution in [0.4, 0.5) is 17.3 Å². The van der Waals surface area contributed by atoms with Crippen molar-refractivity contribution in [1.82, 2.24) is 25.2 Å². The van der Waals surface area contributed by atoms with E-state index in [0.717, 1.165) is 29.7 Å². The van der Waals surface area contributed by atoms with E-state index in [1.807, 2.05) is 24.3 Å². The minimum absolute atomic E-state index is 0.148. The molecular weight excluding hydrogens is 627 g/mol. The van der Waals surface area contributed by atoms with Crippen molar-refractivity contribution in [1.29, 1.82) is 0 Å². The van der Waals surface area contributed by atoms with E-state index in [0.29, 0.717) is 40.8 Å². The molecule has 46 heavy (non-hydrogen) atoms. The summed E-state index contributed by atoms with van der Waals surface area (Å²) in [6.07, 6.45) is 5.81. The molecule has 3 heterocycles. The number of carbonyl (C=O) groups excluding carboxylic acids is 3. The zero-order valence-electron chi connectivity index (χ0n) is 25.0. The van der Waals surface area contributed by atoms with Crippen molar-refractivity contribution in [2.75, 3.05) is 10.6 Å². The molecule has 1 aliphatic heterocycles. The third-order valence-corrected chi connectivity index (χ3v) is 9.59. The summed E-state index contributed by atoms with van der Waals surface area (Å²) in [6, 6.07) is 15.8. The lowest BCUT2D eigenvalue weighted by molar-refractivity contribution is -0.125. The lowest BCUT2D eigenvalue weighted by Gasteiger charge is -2.27. The van der Waals surface area contributed by atoms with Crippen molar-refractivity contribution in [2.45, 2.75) is 62.2 Å². The van der Waals surface area contributed by atoms with Crippen LogP contribution in [0.3, 0.4) is 0 Å². The number of hydrogen-bond acceptors (Lipinski definition) is 7. The summed E-state index contributed by atoms with van der Waals surface area (Å²) in [5.74, 6) is -0.859. The number of nitrogens with zero attached hydrogens (tertiary/aromatic N) is 4. The molecule has 7 rings (SSSR count). The van der Waals surface area contributed by atoms with E-state index in [-0.39, 0.29) is 29.9 Å². The topological polar surface area (TPSA) is 161 Å². The Labute approximate surface area is 275 Å². The number of benzene rings is 2. The fourth-order valence-electron chi connectivity index (χ4n) is 6.25. The second-order valence-corrected chi connectivity index (χ2v) is 13.4. The summed E-state index contributed by atoms with van der Waals surface area (Å²) in [6.45, 7) is 2.13. The maximum absolute atomic E-state index is 14.3. The van der Waals surface area contributed by atoms with Crippen molar-refractivity contribution in [2.24, 2.45) is 5.73 Å². The van der Waals surface area contributed by atoms with E-state index >= 15 is 0 Å². The Kier molecular flexibility index (Phi) is 7.11. The molecule has 3 amide bonds. The Morgan fingerprint density at radius 2 is 1.63 bits per heavy atom. The average Bonchev–Trinajstić information content (AvgIpc) is 3.93. The largest absolute Gasteiger partial charge is 0.399 e. The first-order valence-corrected chi connectivity index (χ1v) is 15.8. The number of anilines is 3. The summed E-state index contributed by atoms with van der Waals surface area (Å²) in [5, 5.41) is 6.83. The van der Waals surface area contributed by atoms with Gasteiger partial charge >= 0.3 is 0 Å². The fraction of sp³-hybridized carbons (Fsp3) is 0.303. The SMILES string of the molecule is C[C@@]1(Cc2ccc(N)cc2)C(=O)N(c2cc(Cl)cc(Cl)c2)c2ncc(C(=O)NC3(C(=O)NC4(c5cc(CN)ccn5)CC4)CC3)n21. The molecule has 236 valence electrons. The van der Waals surface area contributed by atoms with Crippen molar-refractivity contribution >= 4 is 58.2 Å². The first kappa shape index (κ1) is 30.2. The Hall–Kier alpha value is -4.45. The maximum atomic E-state index is 14.3. The van der Waals surface area contributed by atoms with Crippen LogP contribution in [0.25, 0.3) is 0 Å². The average molecular weight is 660 g/mol. The highest BCUT2D eigenvalue weighted by Crippen LogP contribution is 2.47. The first-order valence-electron chi connectivity index (χ1n) is 15.0. The van der Waals surface area contributed by atoms with Gasteiger partial charge in [0, 0.05) is 34.9 Å². The van der Waals surface area contributed by atoms with Gasteiger partial charge in [0.05, 0.1) is 23.1 Å². The van der Waals surface area contributed by atoms with E-state index in [1.54, 1.807) is 48.0 Å². The molecule has 2 aliphatic carbocycles. The minimum atomic E-state index is -1.26. The van der Waals surface area contributed by atoms with Gasteiger partial charge in [0.1, 0.15) is 16.8 Å². The summed E-state index contributed by atoms with van der Waals surface area (Å²) < 4.78 is 1.63. The van der Waals surface area contributed by atoms with Gasteiger partial charge in [-0.25, -0.2) is 9.88 Å². The van der Waals surface area contributed by atoms with Gasteiger partial charge < -0.3 is 22.1 Å². The standard InChI is InChI=1S/C33H32Cl2N8O3/c1-31(16-19-2-4-23(37)5-3-19)29(46)42(24-14-21(34)13-22(35)15-24)30-39-18-25(43(30)31)27(44)40-33(9-10-33)28(45)41-32(7-8-32)26-12-20(17-36)6-11-38-26/h2-6,11-15,18H,7-10,16-17,36-37H2,1H3,(H,40,44)(H,41,45)/t31-/m1/s1. The molecule has 2 aromatic carbocycles. The molecule has 1 atom stereocenters. The number of rotatable bonds is 9. The molecule has 0 unspecified atom stereocenters. The Morgan fingerprint density at radius 3 is 2.26 bits per heavy atom. The van der Waals surface area contributed by atoms with Crippen LogP contribution in [0.5, 0.6) is 0 Å². The van der Waals surface area contributed by atoms with Gasteiger partial charge in [-0.1, -0.05) is 35.3 Å². The number of fused-ring (bicyclic) bond motifs is 1. The molecule has 13 heteroatoms. The van der Waals surface area contributed by atoms with E-state index in [1.165, 1.54) is 11.1 Å². The van der Waals surface area contributed by atoms with Gasteiger partial charge in [-0.05, 0) is 86.2 Å². The molecule has 3 aliphatic rings. The molecule has 0 saturated heterocycles. The normalized spacial score (nSPS) is 20.3. The van der Waals surface area contributed by atoms with Crippen molar-refractivity contribution in [3.8, 4) is 0 Å². The molecule has 6 N–H and O–H groups in total. The molecule has 0 spiro atoms. The van der Waals surface area contributed by atoms with Gasteiger partial charge in [0.15, 0.2) is 0 Å². The summed E-state index contributed by atoms with van der Waals surface area (Å²) in [4.78, 5) is 52.5. The maximum Gasteiger partial charge on any atom is 0.270 e. The number of nitrogens with one attached hydrogen (secondary N) is 2. The predicted molar refractivity (Wildman–Crippen MR) is 175 cm³/mol. The molecule has 0 radical (unpaired) electrons. The lowest BCUT2D eigenvalue weighted by atomic mass is 9.91. The number of hydrogen-bond donors (Lipinski definition) is 4. The van der Waals surface area contributed by atoms with Crippen LogP contribution < -0.4 is 27.0 Å². The number of carbonyl (C=O) groups is 3. The number of halogens is 2. The van der Waals surface area contributed by atoms with E-state index in [4.69, 9.17) is 34.7 Å². The molecule has 4 aromatic rings. The van der Waals surface area contributed by atoms with Crippen molar-refractivity contribution in [3.63, 3.8) is 0 Å². The second kappa shape index (κ2) is 10.8. The highest BCUT2D eigenvalue weighted by molar-refractivity contribution is 6.35. The zero-order valence-corrected chi connectivity index (χ0v) is 26.5. The first-order chi connectivity index (χ1) is 22.0. The number of aromatic nitrogens is 3. The van der Waals surface area contributed by atoms with Crippen LogP contribution in [0.1, 0.15) is 59.9 Å². The number of nitrogen functional groups attached to an aromatic ring is 1. The Balaban J connectivity index is 1.20. The monoisotopic (exact) mass is 658 g/mol. The second-order valence-electron chi connectivity index (χ2n) is 12.6. The number of pyridine rings is 1. The van der Waals surface area contributed by atoms with Crippen molar-refractivity contribution in [3.05, 3.63) is 99.6 Å². The Bertz CT molecular complexity index is 1880. The van der Waals surface area contributed by atoms with E-state index < -0.39 is 22.5 Å². The highest BCUT2D eigenvalue weighted by atomic mass is 35.5. The van der Waals surface area contributed by atoms with Gasteiger partial charge in [-0.15, -0.1) is 0 Å². The lowest BCUT2D eigenvalue weighted by Crippen LogP contribution is -2.52. The highest BCUT2D eigenvalue weighted by Gasteiger charge is 2.57. The third-order valence-electron chi connectivity index (χ3n) is 9.16. The predicted octanol–water partition coefficient (Wildman–Crippen LogP) is 4.33. The van der Waals surface area contributed by atoms with Crippen molar-refractivity contribution < 1.29 is 14.4 Å². The quantitative estimate of drug-likeness (QED) is 0.195. The smallest absolute Gasteiger partial charge is 0.270 e. The number of nitrogens with two attached hydrogens (primary N) is 2. The molecule has 2 fully saturated rings. The molecule has 0 bridgehead atoms. The zero-order chi connectivity index (χ0) is 32.4. The van der Waals surface area contributed by atoms with E-state index in [9.17, 15) is 14.4 Å². The number of amides is 3. The fourth-order valence-corrected chi connectivity index (χ4v) is 6.76. The summed E-state index contributed by atoms with van der Waals surface area (Å²) >= 11 is 12.6. The van der Waals surface area contributed by atoms with Crippen LogP contribution in [0, 0.1) is 0 Å². The molecule has 2 saturated carbocycles. The van der Waals surface area contributed by atoms with Gasteiger partial charge in [0.2, 0.25) is 11.9 Å². The van der Waals surface area contributed by atoms with Crippen LogP contribution in [0.2, 0.25) is 10.0 Å². The van der Waals surface area contributed by atoms with Crippen LogP contribution in [0.15, 0.2) is 67.0 Å². The van der Waals surface area contributed by atoms with Crippen LogP contribution >= 0.6 is 23.2 Å². The third kappa shape index (κ3) is 5.08. The molecule has 11 nitrogen and oxygen atoms in total. The molecular formula is C33H32Cl2N8O3. The molecule has 2 aromatic heterocycles. The van der Waals surface area contributed by atoms with E-state index in [2.05, 4.69) is 20.6 Å². The van der Waals surface area contributed by atoms with Crippen LogP contribution in [-0.2, 0) is 33.6 Å².